The van der Waals surface area contributed by atoms with Gasteiger partial charge in [-0.3, -0.25) is 0 Å². The maximum absolute atomic E-state index is 4.56. The Labute approximate surface area is 122 Å². The molecule has 1 aromatic carbocycles. The van der Waals surface area contributed by atoms with Gasteiger partial charge in [0.2, 0.25) is 5.95 Å². The molecule has 0 amide bonds. The van der Waals surface area contributed by atoms with Crippen molar-refractivity contribution in [2.24, 2.45) is 0 Å². The second-order valence-corrected chi connectivity index (χ2v) is 5.55. The van der Waals surface area contributed by atoms with E-state index in [1.54, 1.807) is 11.3 Å². The van der Waals surface area contributed by atoms with Crippen LogP contribution < -0.4 is 5.32 Å². The van der Waals surface area contributed by atoms with Gasteiger partial charge in [0.05, 0.1) is 5.69 Å². The van der Waals surface area contributed by atoms with E-state index in [1.807, 2.05) is 37.3 Å². The summed E-state index contributed by atoms with van der Waals surface area (Å²) in [4.78, 5) is 4.56. The summed E-state index contributed by atoms with van der Waals surface area (Å²) in [5.41, 5.74) is 3.48. The summed E-state index contributed by atoms with van der Waals surface area (Å²) in [6.07, 6.45) is 3.13. The fourth-order valence-corrected chi connectivity index (χ4v) is 2.86. The lowest BCUT2D eigenvalue weighted by Crippen LogP contribution is -2.05. The second kappa shape index (κ2) is 5.92. The van der Waals surface area contributed by atoms with Crippen LogP contribution >= 0.6 is 11.3 Å². The molecule has 0 atom stereocenters. The molecule has 0 aliphatic rings. The van der Waals surface area contributed by atoms with Gasteiger partial charge in [-0.05, 0) is 47.9 Å². The zero-order valence-electron chi connectivity index (χ0n) is 11.4. The molecule has 1 N–H and O–H groups in total. The Morgan fingerprint density at radius 2 is 2.05 bits per heavy atom. The number of thiophene rings is 1. The second-order valence-electron chi connectivity index (χ2n) is 4.77. The van der Waals surface area contributed by atoms with E-state index in [2.05, 4.69) is 37.9 Å². The topological polar surface area (TPSA) is 29.9 Å². The number of anilines is 2. The highest BCUT2D eigenvalue weighted by Gasteiger charge is 2.06. The quantitative estimate of drug-likeness (QED) is 0.759. The van der Waals surface area contributed by atoms with Gasteiger partial charge >= 0.3 is 0 Å². The average Bonchev–Trinajstić information content (AvgIpc) is 3.07. The first-order valence-corrected chi connectivity index (χ1v) is 7.62. The molecule has 2 heterocycles. The summed E-state index contributed by atoms with van der Waals surface area (Å²) in [6.45, 7) is 2.96. The van der Waals surface area contributed by atoms with Gasteiger partial charge in [-0.1, -0.05) is 18.2 Å². The SMILES string of the molecule is Cc1cn(CCc2ccsc2)c(Nc2ccccc2)n1. The van der Waals surface area contributed by atoms with Crippen molar-refractivity contribution in [3.8, 4) is 0 Å². The van der Waals surface area contributed by atoms with Gasteiger partial charge in [-0.15, -0.1) is 0 Å². The lowest BCUT2D eigenvalue weighted by atomic mass is 10.2. The highest BCUT2D eigenvalue weighted by molar-refractivity contribution is 7.07. The van der Waals surface area contributed by atoms with Crippen molar-refractivity contribution in [1.29, 1.82) is 0 Å². The summed E-state index contributed by atoms with van der Waals surface area (Å²) >= 11 is 1.75. The van der Waals surface area contributed by atoms with Gasteiger partial charge < -0.3 is 9.88 Å². The molecule has 0 unspecified atom stereocenters. The van der Waals surface area contributed by atoms with Crippen LogP contribution in [0.3, 0.4) is 0 Å². The van der Waals surface area contributed by atoms with E-state index in [1.165, 1.54) is 5.56 Å². The van der Waals surface area contributed by atoms with Crippen molar-refractivity contribution in [3.05, 3.63) is 64.6 Å². The maximum atomic E-state index is 4.56. The third-order valence-electron chi connectivity index (χ3n) is 3.15. The fourth-order valence-electron chi connectivity index (χ4n) is 2.15. The van der Waals surface area contributed by atoms with Crippen molar-refractivity contribution >= 4 is 23.0 Å². The smallest absolute Gasteiger partial charge is 0.207 e. The molecule has 0 spiro atoms. The number of imidazole rings is 1. The monoisotopic (exact) mass is 283 g/mol. The number of hydrogen-bond donors (Lipinski definition) is 1. The largest absolute Gasteiger partial charge is 0.326 e. The highest BCUT2D eigenvalue weighted by atomic mass is 32.1. The zero-order valence-corrected chi connectivity index (χ0v) is 12.2. The van der Waals surface area contributed by atoms with E-state index < -0.39 is 0 Å². The summed E-state index contributed by atoms with van der Waals surface area (Å²) in [5, 5.41) is 7.70. The summed E-state index contributed by atoms with van der Waals surface area (Å²) in [5.74, 6) is 0.906. The number of para-hydroxylation sites is 1. The normalized spacial score (nSPS) is 10.7. The molecule has 3 aromatic rings. The van der Waals surface area contributed by atoms with Crippen molar-refractivity contribution in [1.82, 2.24) is 9.55 Å². The Bertz CT molecular complexity index is 656. The number of nitrogens with zero attached hydrogens (tertiary/aromatic N) is 2. The summed E-state index contributed by atoms with van der Waals surface area (Å²) in [7, 11) is 0. The Kier molecular flexibility index (Phi) is 3.83. The molecule has 20 heavy (non-hydrogen) atoms. The molecule has 102 valence electrons. The van der Waals surface area contributed by atoms with Crippen LogP contribution in [0.1, 0.15) is 11.3 Å². The van der Waals surface area contributed by atoms with E-state index in [4.69, 9.17) is 0 Å². The standard InChI is InChI=1S/C16H17N3S/c1-13-11-19(9-7-14-8-10-20-12-14)16(17-13)18-15-5-3-2-4-6-15/h2-6,8,10-12H,7,9H2,1H3,(H,17,18). The van der Waals surface area contributed by atoms with E-state index >= 15 is 0 Å². The minimum Gasteiger partial charge on any atom is -0.326 e. The van der Waals surface area contributed by atoms with E-state index in [0.29, 0.717) is 0 Å². The molecule has 0 aliphatic carbocycles. The number of aryl methyl sites for hydroxylation is 3. The number of aromatic nitrogens is 2. The average molecular weight is 283 g/mol. The first-order valence-electron chi connectivity index (χ1n) is 6.68. The van der Waals surface area contributed by atoms with Crippen molar-refractivity contribution < 1.29 is 0 Å². The molecule has 2 aromatic heterocycles. The van der Waals surface area contributed by atoms with Crippen LogP contribution in [0.5, 0.6) is 0 Å². The van der Waals surface area contributed by atoms with Gasteiger partial charge in [0.15, 0.2) is 0 Å². The molecule has 0 saturated heterocycles. The zero-order chi connectivity index (χ0) is 13.8. The Morgan fingerprint density at radius 1 is 1.20 bits per heavy atom. The lowest BCUT2D eigenvalue weighted by molar-refractivity contribution is 0.705. The Hall–Kier alpha value is -2.07. The molecular formula is C16H17N3S. The maximum Gasteiger partial charge on any atom is 0.207 e. The van der Waals surface area contributed by atoms with Gasteiger partial charge in [0.25, 0.3) is 0 Å². The van der Waals surface area contributed by atoms with Crippen LogP contribution in [0.2, 0.25) is 0 Å². The fraction of sp³-hybridized carbons (Fsp3) is 0.188. The number of rotatable bonds is 5. The molecule has 0 bridgehead atoms. The van der Waals surface area contributed by atoms with Crippen LogP contribution in [-0.2, 0) is 13.0 Å². The third kappa shape index (κ3) is 3.08. The van der Waals surface area contributed by atoms with Gasteiger partial charge in [-0.2, -0.15) is 11.3 Å². The molecule has 0 fully saturated rings. The molecule has 0 aliphatic heterocycles. The number of hydrogen-bond acceptors (Lipinski definition) is 3. The van der Waals surface area contributed by atoms with Crippen molar-refractivity contribution in [2.45, 2.75) is 19.9 Å². The van der Waals surface area contributed by atoms with E-state index in [0.717, 1.165) is 30.3 Å². The van der Waals surface area contributed by atoms with Crippen LogP contribution in [0.4, 0.5) is 11.6 Å². The molecule has 3 rings (SSSR count). The van der Waals surface area contributed by atoms with Gasteiger partial charge in [0, 0.05) is 18.4 Å². The molecular weight excluding hydrogens is 266 g/mol. The van der Waals surface area contributed by atoms with Gasteiger partial charge in [0.1, 0.15) is 0 Å². The highest BCUT2D eigenvalue weighted by Crippen LogP contribution is 2.17. The van der Waals surface area contributed by atoms with Crippen LogP contribution in [0.25, 0.3) is 0 Å². The molecule has 4 heteroatoms. The van der Waals surface area contributed by atoms with Crippen LogP contribution in [0.15, 0.2) is 53.4 Å². The van der Waals surface area contributed by atoms with Crippen molar-refractivity contribution in [3.63, 3.8) is 0 Å². The lowest BCUT2D eigenvalue weighted by Gasteiger charge is -2.09. The third-order valence-corrected chi connectivity index (χ3v) is 3.88. The number of benzene rings is 1. The van der Waals surface area contributed by atoms with Crippen LogP contribution in [0, 0.1) is 6.92 Å². The predicted octanol–water partition coefficient (Wildman–Crippen LogP) is 4.24. The number of nitrogens with one attached hydrogen (secondary N) is 1. The minimum atomic E-state index is 0.906. The first-order chi connectivity index (χ1) is 9.81. The molecule has 3 nitrogen and oxygen atoms in total. The van der Waals surface area contributed by atoms with Crippen molar-refractivity contribution in [2.75, 3.05) is 5.32 Å². The summed E-state index contributed by atoms with van der Waals surface area (Å²) < 4.78 is 2.18. The Morgan fingerprint density at radius 3 is 2.80 bits per heavy atom. The molecule has 0 radical (unpaired) electrons. The molecule has 0 saturated carbocycles. The van der Waals surface area contributed by atoms with Gasteiger partial charge in [-0.25, -0.2) is 4.98 Å². The van der Waals surface area contributed by atoms with E-state index in [9.17, 15) is 0 Å². The predicted molar refractivity (Wildman–Crippen MR) is 84.7 cm³/mol. The summed E-state index contributed by atoms with van der Waals surface area (Å²) in [6, 6.07) is 12.3. The minimum absolute atomic E-state index is 0.906. The van der Waals surface area contributed by atoms with Crippen LogP contribution in [-0.4, -0.2) is 9.55 Å². The first kappa shape index (κ1) is 12.9. The van der Waals surface area contributed by atoms with E-state index in [-0.39, 0.29) is 0 Å². The Balaban J connectivity index is 1.74.